The minimum absolute atomic E-state index is 0.123. The van der Waals surface area contributed by atoms with Gasteiger partial charge in [-0.05, 0) is 44.0 Å². The van der Waals surface area contributed by atoms with Gasteiger partial charge in [0.2, 0.25) is 5.89 Å². The summed E-state index contributed by atoms with van der Waals surface area (Å²) in [6.07, 6.45) is 8.18. The first-order valence-corrected chi connectivity index (χ1v) is 11.8. The summed E-state index contributed by atoms with van der Waals surface area (Å²) in [6.45, 7) is 2.20. The number of oxazole rings is 1. The molecule has 1 aromatic heterocycles. The van der Waals surface area contributed by atoms with Crippen molar-refractivity contribution < 1.29 is 14.3 Å². The molecule has 1 aliphatic rings. The molecule has 1 atom stereocenters. The van der Waals surface area contributed by atoms with Crippen LogP contribution in [0.25, 0.3) is 0 Å². The van der Waals surface area contributed by atoms with E-state index in [4.69, 9.17) is 9.15 Å². The smallest absolute Gasteiger partial charge is 0.231 e. The fourth-order valence-corrected chi connectivity index (χ4v) is 4.69. The molecule has 32 heavy (non-hydrogen) atoms. The number of para-hydroxylation sites is 1. The lowest BCUT2D eigenvalue weighted by atomic mass is 9.73. The third-order valence-corrected chi connectivity index (χ3v) is 6.41. The van der Waals surface area contributed by atoms with E-state index in [9.17, 15) is 5.11 Å². The van der Waals surface area contributed by atoms with Crippen molar-refractivity contribution >= 4 is 0 Å². The van der Waals surface area contributed by atoms with E-state index in [1.165, 1.54) is 6.42 Å². The molecule has 1 unspecified atom stereocenters. The lowest BCUT2D eigenvalue weighted by Crippen LogP contribution is -2.38. The van der Waals surface area contributed by atoms with Crippen LogP contribution >= 0.6 is 0 Å². The zero-order chi connectivity index (χ0) is 22.2. The normalized spacial score (nSPS) is 16.7. The fourth-order valence-electron chi connectivity index (χ4n) is 4.69. The zero-order valence-electron chi connectivity index (χ0n) is 19.0. The van der Waals surface area contributed by atoms with Crippen LogP contribution in [0, 0.1) is 5.92 Å². The minimum Gasteiger partial charge on any atom is -0.494 e. The summed E-state index contributed by atoms with van der Waals surface area (Å²) in [5, 5.41) is 11.9. The maximum Gasteiger partial charge on any atom is 0.231 e. The topological polar surface area (TPSA) is 58.7 Å². The van der Waals surface area contributed by atoms with E-state index < -0.39 is 5.60 Å². The van der Waals surface area contributed by atoms with E-state index in [0.29, 0.717) is 19.0 Å². The molecule has 0 saturated heterocycles. The maximum atomic E-state index is 11.9. The summed E-state index contributed by atoms with van der Waals surface area (Å²) >= 11 is 0. The highest BCUT2D eigenvalue weighted by Gasteiger charge is 2.44. The minimum atomic E-state index is -1.18. The van der Waals surface area contributed by atoms with E-state index in [1.54, 1.807) is 6.20 Å². The number of hydrogen-bond donors (Lipinski definition) is 1. The molecule has 0 bridgehead atoms. The van der Waals surface area contributed by atoms with Crippen molar-refractivity contribution in [1.29, 1.82) is 0 Å². The molecule has 0 radical (unpaired) electrons. The van der Waals surface area contributed by atoms with Crippen molar-refractivity contribution in [1.82, 2.24) is 9.88 Å². The molecule has 1 fully saturated rings. The van der Waals surface area contributed by atoms with E-state index in [2.05, 4.69) is 16.9 Å². The van der Waals surface area contributed by atoms with Crippen molar-refractivity contribution in [3.05, 3.63) is 84.1 Å². The Morgan fingerprint density at radius 2 is 1.72 bits per heavy atom. The van der Waals surface area contributed by atoms with Crippen LogP contribution in [-0.2, 0) is 12.1 Å². The Hall–Kier alpha value is -2.63. The van der Waals surface area contributed by atoms with Crippen LogP contribution in [0.5, 0.6) is 5.75 Å². The number of rotatable bonds is 10. The molecular weight excluding hydrogens is 400 g/mol. The van der Waals surface area contributed by atoms with Crippen LogP contribution in [-0.4, -0.2) is 35.2 Å². The van der Waals surface area contributed by atoms with E-state index in [1.807, 2.05) is 60.7 Å². The lowest BCUT2D eigenvalue weighted by Gasteiger charge is -2.36. The summed E-state index contributed by atoms with van der Waals surface area (Å²) in [7, 11) is 2.06. The Balaban J connectivity index is 1.38. The van der Waals surface area contributed by atoms with Crippen LogP contribution in [0.4, 0.5) is 0 Å². The molecule has 170 valence electrons. The number of aliphatic hydroxyl groups is 1. The summed E-state index contributed by atoms with van der Waals surface area (Å²) in [4.78, 5) is 6.76. The van der Waals surface area contributed by atoms with Crippen molar-refractivity contribution in [3.63, 3.8) is 0 Å². The number of aromatic nitrogens is 1. The quantitative estimate of drug-likeness (QED) is 0.434. The molecule has 1 heterocycles. The van der Waals surface area contributed by atoms with Gasteiger partial charge in [-0.25, -0.2) is 4.98 Å². The number of ether oxygens (including phenoxy) is 1. The lowest BCUT2D eigenvalue weighted by molar-refractivity contribution is -0.0242. The van der Waals surface area contributed by atoms with Gasteiger partial charge in [-0.1, -0.05) is 67.8 Å². The van der Waals surface area contributed by atoms with Gasteiger partial charge in [-0.3, -0.25) is 4.90 Å². The Kier molecular flexibility index (Phi) is 7.61. The SMILES string of the molecule is CN(CCCOc1ccccc1)Cc1cnc(C(O)(c2ccccc2)C2CCCCC2)o1. The molecule has 3 aromatic rings. The highest BCUT2D eigenvalue weighted by atomic mass is 16.5. The number of nitrogens with zero attached hydrogens (tertiary/aromatic N) is 2. The Labute approximate surface area is 191 Å². The molecule has 0 amide bonds. The number of hydrogen-bond acceptors (Lipinski definition) is 5. The first kappa shape index (κ1) is 22.6. The van der Waals surface area contributed by atoms with E-state index >= 15 is 0 Å². The van der Waals surface area contributed by atoms with Crippen molar-refractivity contribution in [2.75, 3.05) is 20.2 Å². The Morgan fingerprint density at radius 1 is 1.03 bits per heavy atom. The van der Waals surface area contributed by atoms with Crippen molar-refractivity contribution in [2.45, 2.75) is 50.7 Å². The number of benzene rings is 2. The maximum absolute atomic E-state index is 11.9. The van der Waals surface area contributed by atoms with Gasteiger partial charge in [0.05, 0.1) is 19.3 Å². The van der Waals surface area contributed by atoms with Crippen LogP contribution in [0.2, 0.25) is 0 Å². The van der Waals surface area contributed by atoms with Gasteiger partial charge in [0.15, 0.2) is 5.60 Å². The molecular formula is C27H34N2O3. The van der Waals surface area contributed by atoms with Gasteiger partial charge in [0, 0.05) is 12.5 Å². The average Bonchev–Trinajstić information content (AvgIpc) is 3.32. The van der Waals surface area contributed by atoms with E-state index in [-0.39, 0.29) is 5.92 Å². The summed E-state index contributed by atoms with van der Waals surface area (Å²) in [5.41, 5.74) is -0.311. The molecule has 1 N–H and O–H groups in total. The van der Waals surface area contributed by atoms with Crippen LogP contribution < -0.4 is 4.74 Å². The molecule has 5 heteroatoms. The van der Waals surface area contributed by atoms with Crippen molar-refractivity contribution in [3.8, 4) is 5.75 Å². The fraction of sp³-hybridized carbons (Fsp3) is 0.444. The molecule has 2 aromatic carbocycles. The van der Waals surface area contributed by atoms with Crippen LogP contribution in [0.15, 0.2) is 71.3 Å². The van der Waals surface area contributed by atoms with Gasteiger partial charge in [0.25, 0.3) is 0 Å². The Bertz CT molecular complexity index is 938. The highest BCUT2D eigenvalue weighted by molar-refractivity contribution is 5.30. The summed E-state index contributed by atoms with van der Waals surface area (Å²) in [5.74, 6) is 2.22. The molecule has 0 aliphatic heterocycles. The van der Waals surface area contributed by atoms with E-state index in [0.717, 1.165) is 55.7 Å². The first-order valence-electron chi connectivity index (χ1n) is 11.8. The second-order valence-electron chi connectivity index (χ2n) is 8.85. The Morgan fingerprint density at radius 3 is 2.44 bits per heavy atom. The molecule has 1 saturated carbocycles. The van der Waals surface area contributed by atoms with Gasteiger partial charge in [0.1, 0.15) is 11.5 Å². The third kappa shape index (κ3) is 5.40. The standard InChI is InChI=1S/C27H34N2O3/c1-29(18-11-19-31-24-16-9-4-10-17-24)21-25-20-28-26(32-25)27(30,22-12-5-2-6-13-22)23-14-7-3-8-15-23/h2,4-6,9-10,12-13,16-17,20,23,30H,3,7-8,11,14-15,18-19,21H2,1H3. The molecule has 1 aliphatic carbocycles. The van der Waals surface area contributed by atoms with Gasteiger partial charge in [-0.2, -0.15) is 0 Å². The van der Waals surface area contributed by atoms with Crippen LogP contribution in [0.1, 0.15) is 55.7 Å². The van der Waals surface area contributed by atoms with Crippen molar-refractivity contribution in [2.24, 2.45) is 5.92 Å². The van der Waals surface area contributed by atoms with Gasteiger partial charge < -0.3 is 14.3 Å². The summed E-state index contributed by atoms with van der Waals surface area (Å²) < 4.78 is 11.9. The zero-order valence-corrected chi connectivity index (χ0v) is 19.0. The molecule has 0 spiro atoms. The molecule has 5 nitrogen and oxygen atoms in total. The average molecular weight is 435 g/mol. The van der Waals surface area contributed by atoms with Crippen LogP contribution in [0.3, 0.4) is 0 Å². The van der Waals surface area contributed by atoms with Gasteiger partial charge >= 0.3 is 0 Å². The second-order valence-corrected chi connectivity index (χ2v) is 8.85. The first-order chi connectivity index (χ1) is 15.7. The molecule has 4 rings (SSSR count). The second kappa shape index (κ2) is 10.8. The highest BCUT2D eigenvalue weighted by Crippen LogP contribution is 2.43. The predicted octanol–water partition coefficient (Wildman–Crippen LogP) is 5.39. The third-order valence-electron chi connectivity index (χ3n) is 6.41. The van der Waals surface area contributed by atoms with Gasteiger partial charge in [-0.15, -0.1) is 0 Å². The summed E-state index contributed by atoms with van der Waals surface area (Å²) in [6, 6.07) is 19.8. The monoisotopic (exact) mass is 434 g/mol. The predicted molar refractivity (Wildman–Crippen MR) is 125 cm³/mol. The largest absolute Gasteiger partial charge is 0.494 e.